The van der Waals surface area contributed by atoms with E-state index in [0.717, 1.165) is 12.3 Å². The summed E-state index contributed by atoms with van der Waals surface area (Å²) in [6, 6.07) is 3.43. The highest BCUT2D eigenvalue weighted by molar-refractivity contribution is 9.10. The number of anilines is 1. The second kappa shape index (κ2) is 6.21. The topological polar surface area (TPSA) is 38.0 Å². The summed E-state index contributed by atoms with van der Waals surface area (Å²) in [5.74, 6) is 2.66. The zero-order valence-corrected chi connectivity index (χ0v) is 12.9. The zero-order valence-electron chi connectivity index (χ0n) is 9.71. The molecule has 1 aromatic carbocycles. The lowest BCUT2D eigenvalue weighted by Gasteiger charge is -2.14. The molecular weight excluding hydrogens is 335 g/mol. The molecule has 0 amide bonds. The van der Waals surface area contributed by atoms with Crippen LogP contribution in [0.1, 0.15) is 12.0 Å². The Bertz CT molecular complexity index is 462. The highest BCUT2D eigenvalue weighted by atomic mass is 79.9. The molecule has 1 aliphatic heterocycles. The van der Waals surface area contributed by atoms with Crippen molar-refractivity contribution in [1.29, 1.82) is 0 Å². The van der Waals surface area contributed by atoms with Crippen LogP contribution in [0, 0.1) is 11.7 Å². The monoisotopic (exact) mass is 348 g/mol. The van der Waals surface area contributed by atoms with Crippen LogP contribution < -0.4 is 11.1 Å². The molecule has 1 aliphatic rings. The number of thiocarbonyl (C=S) groups is 1. The highest BCUT2D eigenvalue weighted by Crippen LogP contribution is 2.28. The minimum Gasteiger partial charge on any atom is -0.389 e. The first-order valence-corrected chi connectivity index (χ1v) is 8.04. The number of rotatable bonds is 4. The third kappa shape index (κ3) is 3.16. The van der Waals surface area contributed by atoms with Gasteiger partial charge in [-0.15, -0.1) is 0 Å². The van der Waals surface area contributed by atoms with Gasteiger partial charge < -0.3 is 11.1 Å². The van der Waals surface area contributed by atoms with Gasteiger partial charge in [0.05, 0.1) is 10.2 Å². The molecule has 1 fully saturated rings. The van der Waals surface area contributed by atoms with E-state index < -0.39 is 0 Å². The summed E-state index contributed by atoms with van der Waals surface area (Å²) < 4.78 is 14.4. The Morgan fingerprint density at radius 2 is 2.39 bits per heavy atom. The number of benzene rings is 1. The smallest absolute Gasteiger partial charge is 0.161 e. The van der Waals surface area contributed by atoms with Crippen LogP contribution >= 0.6 is 39.9 Å². The molecule has 1 heterocycles. The zero-order chi connectivity index (χ0) is 13.1. The summed E-state index contributed by atoms with van der Waals surface area (Å²) >= 11 is 10.0. The molecule has 1 saturated heterocycles. The molecule has 0 aromatic heterocycles. The van der Waals surface area contributed by atoms with Crippen molar-refractivity contribution in [3.63, 3.8) is 0 Å². The molecule has 0 spiro atoms. The summed E-state index contributed by atoms with van der Waals surface area (Å²) in [4.78, 5) is 0.194. The minimum absolute atomic E-state index is 0.194. The molecule has 1 atom stereocenters. The van der Waals surface area contributed by atoms with Gasteiger partial charge >= 0.3 is 0 Å². The fourth-order valence-corrected chi connectivity index (χ4v) is 4.02. The fraction of sp³-hybridized carbons (Fsp3) is 0.417. The third-order valence-corrected chi connectivity index (χ3v) is 5.18. The molecule has 0 saturated carbocycles. The van der Waals surface area contributed by atoms with Crippen molar-refractivity contribution in [1.82, 2.24) is 0 Å². The van der Waals surface area contributed by atoms with E-state index in [1.807, 2.05) is 11.8 Å². The molecule has 0 aliphatic carbocycles. The number of halogens is 2. The van der Waals surface area contributed by atoms with Crippen molar-refractivity contribution in [2.24, 2.45) is 11.7 Å². The molecule has 1 aromatic rings. The average Bonchev–Trinajstić information content (AvgIpc) is 2.83. The average molecular weight is 349 g/mol. The third-order valence-electron chi connectivity index (χ3n) is 2.95. The maximum Gasteiger partial charge on any atom is 0.161 e. The van der Waals surface area contributed by atoms with Crippen LogP contribution in [-0.2, 0) is 0 Å². The number of thioether (sulfide) groups is 1. The van der Waals surface area contributed by atoms with E-state index in [2.05, 4.69) is 21.2 Å². The first-order valence-electron chi connectivity index (χ1n) is 5.69. The summed E-state index contributed by atoms with van der Waals surface area (Å²) in [6.07, 6.45) is 1.20. The van der Waals surface area contributed by atoms with Crippen LogP contribution in [0.15, 0.2) is 16.6 Å². The number of nitrogens with two attached hydrogens (primary N) is 1. The molecule has 3 N–H and O–H groups in total. The lowest BCUT2D eigenvalue weighted by molar-refractivity contribution is 0.607. The first-order chi connectivity index (χ1) is 8.59. The molecule has 0 bridgehead atoms. The van der Waals surface area contributed by atoms with Crippen molar-refractivity contribution in [2.45, 2.75) is 6.42 Å². The van der Waals surface area contributed by atoms with Crippen LogP contribution in [0.5, 0.6) is 0 Å². The summed E-state index contributed by atoms with van der Waals surface area (Å²) in [5.41, 5.74) is 6.55. The van der Waals surface area contributed by atoms with Crippen LogP contribution in [-0.4, -0.2) is 23.0 Å². The predicted octanol–water partition coefficient (Wildman–Crippen LogP) is 3.39. The van der Waals surface area contributed by atoms with E-state index >= 15 is 0 Å². The Hall–Kier alpha value is -0.330. The SMILES string of the molecule is NC(=S)c1ccc(NCC2CCSC2)c(F)c1Br. The van der Waals surface area contributed by atoms with Gasteiger partial charge in [0.15, 0.2) is 5.82 Å². The van der Waals surface area contributed by atoms with E-state index in [1.165, 1.54) is 12.2 Å². The number of hydrogen-bond donors (Lipinski definition) is 2. The van der Waals surface area contributed by atoms with E-state index in [4.69, 9.17) is 18.0 Å². The predicted molar refractivity (Wildman–Crippen MR) is 83.9 cm³/mol. The highest BCUT2D eigenvalue weighted by Gasteiger charge is 2.17. The Labute approximate surface area is 124 Å². The fourth-order valence-electron chi connectivity index (χ4n) is 1.87. The Morgan fingerprint density at radius 3 is 3.00 bits per heavy atom. The molecule has 6 heteroatoms. The Balaban J connectivity index is 2.09. The van der Waals surface area contributed by atoms with Gasteiger partial charge in [0.25, 0.3) is 0 Å². The van der Waals surface area contributed by atoms with Gasteiger partial charge in [-0.05, 0) is 51.9 Å². The molecule has 1 unspecified atom stereocenters. The van der Waals surface area contributed by atoms with Crippen molar-refractivity contribution < 1.29 is 4.39 Å². The molecular formula is C12H14BrFN2S2. The van der Waals surface area contributed by atoms with Crippen molar-refractivity contribution >= 4 is 50.6 Å². The van der Waals surface area contributed by atoms with Crippen LogP contribution in [0.25, 0.3) is 0 Å². The van der Waals surface area contributed by atoms with Crippen molar-refractivity contribution in [3.05, 3.63) is 28.0 Å². The van der Waals surface area contributed by atoms with Crippen LogP contribution in [0.4, 0.5) is 10.1 Å². The van der Waals surface area contributed by atoms with E-state index in [9.17, 15) is 4.39 Å². The lowest BCUT2D eigenvalue weighted by Crippen LogP contribution is -2.16. The lowest BCUT2D eigenvalue weighted by atomic mass is 10.1. The number of nitrogens with one attached hydrogen (secondary N) is 1. The van der Waals surface area contributed by atoms with Crippen molar-refractivity contribution in [2.75, 3.05) is 23.4 Å². The van der Waals surface area contributed by atoms with Gasteiger partial charge in [0.1, 0.15) is 4.99 Å². The molecule has 18 heavy (non-hydrogen) atoms. The number of hydrogen-bond acceptors (Lipinski definition) is 3. The maximum atomic E-state index is 14.1. The van der Waals surface area contributed by atoms with Gasteiger partial charge in [-0.2, -0.15) is 11.8 Å². The second-order valence-corrected chi connectivity index (χ2v) is 6.65. The van der Waals surface area contributed by atoms with Crippen molar-refractivity contribution in [3.8, 4) is 0 Å². The molecule has 98 valence electrons. The Morgan fingerprint density at radius 1 is 1.61 bits per heavy atom. The maximum absolute atomic E-state index is 14.1. The summed E-state index contributed by atoms with van der Waals surface area (Å²) in [5, 5.41) is 3.16. The van der Waals surface area contributed by atoms with Crippen LogP contribution in [0.3, 0.4) is 0 Å². The van der Waals surface area contributed by atoms with E-state index in [0.29, 0.717) is 21.6 Å². The Kier molecular flexibility index (Phi) is 4.86. The van der Waals surface area contributed by atoms with Gasteiger partial charge in [0.2, 0.25) is 0 Å². The van der Waals surface area contributed by atoms with Gasteiger partial charge in [0, 0.05) is 12.1 Å². The van der Waals surface area contributed by atoms with Crippen LogP contribution in [0.2, 0.25) is 0 Å². The van der Waals surface area contributed by atoms with Gasteiger partial charge in [-0.1, -0.05) is 12.2 Å². The minimum atomic E-state index is -0.328. The largest absolute Gasteiger partial charge is 0.389 e. The summed E-state index contributed by atoms with van der Waals surface area (Å²) in [6.45, 7) is 0.808. The normalized spacial score (nSPS) is 18.9. The molecule has 2 nitrogen and oxygen atoms in total. The summed E-state index contributed by atoms with van der Waals surface area (Å²) in [7, 11) is 0. The first kappa shape index (κ1) is 14.1. The molecule has 2 rings (SSSR count). The standard InChI is InChI=1S/C12H14BrFN2S2/c13-10-8(12(15)17)1-2-9(11(10)14)16-5-7-3-4-18-6-7/h1-2,7,16H,3-6H2,(H2,15,17). The second-order valence-electron chi connectivity index (χ2n) is 4.26. The van der Waals surface area contributed by atoms with Gasteiger partial charge in [-0.3, -0.25) is 0 Å². The van der Waals surface area contributed by atoms with E-state index in [-0.39, 0.29) is 10.8 Å². The molecule has 0 radical (unpaired) electrons. The quantitative estimate of drug-likeness (QED) is 0.818. The van der Waals surface area contributed by atoms with Gasteiger partial charge in [-0.25, -0.2) is 4.39 Å². The van der Waals surface area contributed by atoms with E-state index in [1.54, 1.807) is 12.1 Å².